The number of hydrogen-bond acceptors (Lipinski definition) is 1. The Kier molecular flexibility index (Phi) is 2.86. The molecule has 1 heterocycles. The molecule has 0 saturated heterocycles. The van der Waals surface area contributed by atoms with E-state index in [2.05, 4.69) is 82.7 Å². The van der Waals surface area contributed by atoms with Crippen LogP contribution < -0.4 is 0 Å². The summed E-state index contributed by atoms with van der Waals surface area (Å²) in [6.45, 7) is 0. The van der Waals surface area contributed by atoms with Crippen molar-refractivity contribution in [3.05, 3.63) is 71.2 Å². The largest absolute Gasteiger partial charge is 0.135 e. The summed E-state index contributed by atoms with van der Waals surface area (Å²) in [7, 11) is 0. The third-order valence-corrected chi connectivity index (χ3v) is 5.17. The Hall–Kier alpha value is -1.64. The molecule has 0 aliphatic heterocycles. The monoisotopic (exact) mass is 338 g/mol. The minimum atomic E-state index is 1.13. The molecule has 1 aromatic heterocycles. The molecule has 0 nitrogen and oxygen atoms in total. The molecule has 0 aliphatic carbocycles. The van der Waals surface area contributed by atoms with Crippen molar-refractivity contribution >= 4 is 47.4 Å². The third-order valence-electron chi connectivity index (χ3n) is 3.54. The van der Waals surface area contributed by atoms with Crippen molar-refractivity contribution in [3.8, 4) is 11.1 Å². The first-order valence-electron chi connectivity index (χ1n) is 6.49. The van der Waals surface area contributed by atoms with Crippen molar-refractivity contribution in [3.63, 3.8) is 0 Å². The number of hydrogen-bond donors (Lipinski definition) is 0. The van der Waals surface area contributed by atoms with Gasteiger partial charge in [0.15, 0.2) is 0 Å². The van der Waals surface area contributed by atoms with Crippen molar-refractivity contribution in [2.45, 2.75) is 0 Å². The number of thiophene rings is 1. The molecule has 0 aliphatic rings. The Bertz CT molecular complexity index is 907. The fourth-order valence-corrected chi connectivity index (χ4v) is 4.13. The van der Waals surface area contributed by atoms with Crippen LogP contribution in [0.2, 0.25) is 0 Å². The van der Waals surface area contributed by atoms with Gasteiger partial charge in [0.1, 0.15) is 0 Å². The smallest absolute Gasteiger partial charge is 0.0361 e. The van der Waals surface area contributed by atoms with Gasteiger partial charge in [0.25, 0.3) is 0 Å². The lowest BCUT2D eigenvalue weighted by Gasteiger charge is -2.04. The van der Waals surface area contributed by atoms with Crippen LogP contribution in [-0.2, 0) is 0 Å². The fourth-order valence-electron chi connectivity index (χ4n) is 2.66. The SMILES string of the molecule is Brc1ccc2sc3cccc(-c4ccccc4)c3c2c1. The van der Waals surface area contributed by atoms with E-state index in [9.17, 15) is 0 Å². The summed E-state index contributed by atoms with van der Waals surface area (Å²) in [5.74, 6) is 0. The summed E-state index contributed by atoms with van der Waals surface area (Å²) >= 11 is 5.45. The van der Waals surface area contributed by atoms with E-state index in [-0.39, 0.29) is 0 Å². The van der Waals surface area contributed by atoms with Crippen LogP contribution in [-0.4, -0.2) is 0 Å². The topological polar surface area (TPSA) is 0 Å². The summed E-state index contributed by atoms with van der Waals surface area (Å²) in [5.41, 5.74) is 2.59. The van der Waals surface area contributed by atoms with E-state index in [4.69, 9.17) is 0 Å². The van der Waals surface area contributed by atoms with Gasteiger partial charge in [-0.2, -0.15) is 0 Å². The van der Waals surface area contributed by atoms with Crippen molar-refractivity contribution < 1.29 is 0 Å². The van der Waals surface area contributed by atoms with E-state index in [0.717, 1.165) is 4.47 Å². The van der Waals surface area contributed by atoms with Gasteiger partial charge in [0.05, 0.1) is 0 Å². The zero-order chi connectivity index (χ0) is 13.5. The lowest BCUT2D eigenvalue weighted by Crippen LogP contribution is -1.78. The number of halogens is 1. The van der Waals surface area contributed by atoms with Crippen LogP contribution in [0.4, 0.5) is 0 Å². The van der Waals surface area contributed by atoms with Crippen LogP contribution in [0, 0.1) is 0 Å². The minimum Gasteiger partial charge on any atom is -0.135 e. The molecule has 0 N–H and O–H groups in total. The molecule has 4 aromatic rings. The number of fused-ring (bicyclic) bond motifs is 3. The molecule has 0 atom stereocenters. The summed E-state index contributed by atoms with van der Waals surface area (Å²) in [6, 6.07) is 23.7. The molecule has 3 aromatic carbocycles. The van der Waals surface area contributed by atoms with Gasteiger partial charge < -0.3 is 0 Å². The maximum absolute atomic E-state index is 3.59. The molecule has 96 valence electrons. The Balaban J connectivity index is 2.16. The van der Waals surface area contributed by atoms with Crippen molar-refractivity contribution in [1.29, 1.82) is 0 Å². The summed E-state index contributed by atoms with van der Waals surface area (Å²) in [5, 5.41) is 2.69. The van der Waals surface area contributed by atoms with Crippen molar-refractivity contribution in [2.75, 3.05) is 0 Å². The molecule has 0 radical (unpaired) electrons. The molecule has 0 bridgehead atoms. The van der Waals surface area contributed by atoms with E-state index in [0.29, 0.717) is 0 Å². The minimum absolute atomic E-state index is 1.13. The Labute approximate surface area is 129 Å². The molecule has 2 heteroatoms. The first-order valence-corrected chi connectivity index (χ1v) is 8.10. The van der Waals surface area contributed by atoms with Gasteiger partial charge in [-0.3, -0.25) is 0 Å². The number of rotatable bonds is 1. The standard InChI is InChI=1S/C18H11BrS/c19-13-9-10-16-15(11-13)18-14(7-4-8-17(18)20-16)12-5-2-1-3-6-12/h1-11H. The van der Waals surface area contributed by atoms with Gasteiger partial charge in [0.2, 0.25) is 0 Å². The molecular formula is C18H11BrS. The fraction of sp³-hybridized carbons (Fsp3) is 0. The predicted octanol–water partition coefficient (Wildman–Crippen LogP) is 6.48. The van der Waals surface area contributed by atoms with Crippen molar-refractivity contribution in [2.24, 2.45) is 0 Å². The first kappa shape index (κ1) is 12.1. The van der Waals surface area contributed by atoms with Crippen molar-refractivity contribution in [1.82, 2.24) is 0 Å². The second-order valence-electron chi connectivity index (χ2n) is 4.79. The van der Waals surface area contributed by atoms with Crippen LogP contribution in [0.25, 0.3) is 31.3 Å². The third kappa shape index (κ3) is 1.88. The van der Waals surface area contributed by atoms with Crippen LogP contribution in [0.5, 0.6) is 0 Å². The molecule has 0 spiro atoms. The molecule has 0 fully saturated rings. The van der Waals surface area contributed by atoms with Gasteiger partial charge in [-0.05, 0) is 35.4 Å². The lowest BCUT2D eigenvalue weighted by atomic mass is 10.00. The van der Waals surface area contributed by atoms with Crippen LogP contribution in [0.15, 0.2) is 71.2 Å². The maximum Gasteiger partial charge on any atom is 0.0361 e. The van der Waals surface area contributed by atoms with E-state index < -0.39 is 0 Å². The molecule has 0 unspecified atom stereocenters. The van der Waals surface area contributed by atoms with Gasteiger partial charge >= 0.3 is 0 Å². The second-order valence-corrected chi connectivity index (χ2v) is 6.79. The van der Waals surface area contributed by atoms with E-state index >= 15 is 0 Å². The Morgan fingerprint density at radius 2 is 1.60 bits per heavy atom. The lowest BCUT2D eigenvalue weighted by molar-refractivity contribution is 1.67. The second kappa shape index (κ2) is 4.72. The Morgan fingerprint density at radius 3 is 2.45 bits per heavy atom. The van der Waals surface area contributed by atoms with E-state index in [1.54, 1.807) is 0 Å². The highest BCUT2D eigenvalue weighted by atomic mass is 79.9. The molecule has 4 rings (SSSR count). The summed E-state index contributed by atoms with van der Waals surface area (Å²) in [4.78, 5) is 0. The average Bonchev–Trinajstić information content (AvgIpc) is 2.86. The molecular weight excluding hydrogens is 328 g/mol. The van der Waals surface area contributed by atoms with Gasteiger partial charge in [-0.15, -0.1) is 11.3 Å². The normalized spacial score (nSPS) is 11.2. The molecule has 0 saturated carbocycles. The van der Waals surface area contributed by atoms with E-state index in [1.165, 1.54) is 31.3 Å². The zero-order valence-electron chi connectivity index (χ0n) is 10.6. The molecule has 20 heavy (non-hydrogen) atoms. The summed E-state index contributed by atoms with van der Waals surface area (Å²) < 4.78 is 3.82. The highest BCUT2D eigenvalue weighted by Crippen LogP contribution is 2.40. The highest BCUT2D eigenvalue weighted by molar-refractivity contribution is 9.10. The van der Waals surface area contributed by atoms with E-state index in [1.807, 2.05) is 11.3 Å². The zero-order valence-corrected chi connectivity index (χ0v) is 13.0. The molecule has 0 amide bonds. The van der Waals surface area contributed by atoms with Crippen LogP contribution in [0.1, 0.15) is 0 Å². The predicted molar refractivity (Wildman–Crippen MR) is 92.5 cm³/mol. The van der Waals surface area contributed by atoms with Gasteiger partial charge in [-0.1, -0.05) is 58.4 Å². The average molecular weight is 339 g/mol. The highest BCUT2D eigenvalue weighted by Gasteiger charge is 2.10. The summed E-state index contributed by atoms with van der Waals surface area (Å²) in [6.07, 6.45) is 0. The quantitative estimate of drug-likeness (QED) is 0.372. The number of benzene rings is 3. The first-order chi connectivity index (χ1) is 9.83. The van der Waals surface area contributed by atoms with Gasteiger partial charge in [0, 0.05) is 24.6 Å². The van der Waals surface area contributed by atoms with Crippen LogP contribution >= 0.6 is 27.3 Å². The van der Waals surface area contributed by atoms with Crippen LogP contribution in [0.3, 0.4) is 0 Å². The Morgan fingerprint density at radius 1 is 0.750 bits per heavy atom. The maximum atomic E-state index is 3.59. The van der Waals surface area contributed by atoms with Gasteiger partial charge in [-0.25, -0.2) is 0 Å².